The normalized spacial score (nSPS) is 12.6. The highest BCUT2D eigenvalue weighted by Gasteiger charge is 2.18. The molecule has 5 nitrogen and oxygen atoms in total. The number of nitrogens with zero attached hydrogens (tertiary/aromatic N) is 3. The first-order valence-electron chi connectivity index (χ1n) is 9.20. The highest BCUT2D eigenvalue weighted by Crippen LogP contribution is 2.13. The first-order chi connectivity index (χ1) is 11.5. The van der Waals surface area contributed by atoms with Gasteiger partial charge in [0.05, 0.1) is 5.02 Å². The lowest BCUT2D eigenvalue weighted by atomic mass is 10.2. The van der Waals surface area contributed by atoms with Crippen LogP contribution < -0.4 is 5.32 Å². The number of aryl methyl sites for hydroxylation is 1. The number of carbonyl (C=O) groups is 1. The number of aromatic nitrogens is 2. The SMILES string of the molecule is CCCCCN(CCCCC)CC(C)NC(=O)c1nn(C)cc1Cl. The molecule has 0 spiro atoms. The molecule has 1 amide bonds. The molecule has 1 unspecified atom stereocenters. The van der Waals surface area contributed by atoms with Gasteiger partial charge in [0.15, 0.2) is 5.69 Å². The van der Waals surface area contributed by atoms with E-state index in [1.807, 2.05) is 6.92 Å². The van der Waals surface area contributed by atoms with Gasteiger partial charge in [-0.3, -0.25) is 9.48 Å². The fourth-order valence-electron chi connectivity index (χ4n) is 2.80. The zero-order valence-electron chi connectivity index (χ0n) is 15.6. The maximum Gasteiger partial charge on any atom is 0.273 e. The van der Waals surface area contributed by atoms with Crippen LogP contribution in [-0.2, 0) is 7.05 Å². The summed E-state index contributed by atoms with van der Waals surface area (Å²) in [6, 6.07) is 0.0684. The van der Waals surface area contributed by atoms with Crippen molar-refractivity contribution in [3.8, 4) is 0 Å². The summed E-state index contributed by atoms with van der Waals surface area (Å²) in [4.78, 5) is 14.8. The monoisotopic (exact) mass is 356 g/mol. The predicted octanol–water partition coefficient (Wildman–Crippen LogP) is 3.87. The highest BCUT2D eigenvalue weighted by molar-refractivity contribution is 6.33. The van der Waals surface area contributed by atoms with Crippen molar-refractivity contribution in [2.75, 3.05) is 19.6 Å². The van der Waals surface area contributed by atoms with Crippen molar-refractivity contribution in [3.05, 3.63) is 16.9 Å². The van der Waals surface area contributed by atoms with Crippen LogP contribution in [-0.4, -0.2) is 46.3 Å². The number of halogens is 1. The second-order valence-corrected chi connectivity index (χ2v) is 7.00. The van der Waals surface area contributed by atoms with Crippen molar-refractivity contribution in [2.24, 2.45) is 7.05 Å². The molecule has 1 aromatic rings. The molecular formula is C18H33ClN4O. The summed E-state index contributed by atoms with van der Waals surface area (Å²) in [5.74, 6) is -0.199. The fraction of sp³-hybridized carbons (Fsp3) is 0.778. The number of rotatable bonds is 12. The molecule has 0 aliphatic carbocycles. The number of nitrogens with one attached hydrogen (secondary N) is 1. The zero-order valence-corrected chi connectivity index (χ0v) is 16.4. The van der Waals surface area contributed by atoms with Gasteiger partial charge in [0, 0.05) is 25.8 Å². The van der Waals surface area contributed by atoms with Gasteiger partial charge in [-0.15, -0.1) is 0 Å². The fourth-order valence-corrected chi connectivity index (χ4v) is 3.07. The van der Waals surface area contributed by atoms with E-state index in [1.165, 1.54) is 38.5 Å². The third-order valence-corrected chi connectivity index (χ3v) is 4.34. The Morgan fingerprint density at radius 1 is 1.25 bits per heavy atom. The lowest BCUT2D eigenvalue weighted by Gasteiger charge is -2.26. The molecule has 1 atom stereocenters. The molecule has 0 saturated carbocycles. The molecule has 0 aliphatic rings. The predicted molar refractivity (Wildman–Crippen MR) is 101 cm³/mol. The molecule has 24 heavy (non-hydrogen) atoms. The topological polar surface area (TPSA) is 50.2 Å². The molecule has 0 saturated heterocycles. The van der Waals surface area contributed by atoms with Gasteiger partial charge in [-0.1, -0.05) is 51.1 Å². The Bertz CT molecular complexity index is 479. The van der Waals surface area contributed by atoms with Crippen LogP contribution in [0.2, 0.25) is 5.02 Å². The molecule has 1 aromatic heterocycles. The number of hydrogen-bond acceptors (Lipinski definition) is 3. The summed E-state index contributed by atoms with van der Waals surface area (Å²) in [6.07, 6.45) is 9.05. The van der Waals surface area contributed by atoms with E-state index in [2.05, 4.69) is 29.2 Å². The first-order valence-corrected chi connectivity index (χ1v) is 9.58. The molecular weight excluding hydrogens is 324 g/mol. The van der Waals surface area contributed by atoms with Crippen LogP contribution in [0.1, 0.15) is 69.8 Å². The maximum atomic E-state index is 12.3. The minimum Gasteiger partial charge on any atom is -0.347 e. The van der Waals surface area contributed by atoms with Crippen molar-refractivity contribution < 1.29 is 4.79 Å². The number of carbonyl (C=O) groups excluding carboxylic acids is 1. The average molecular weight is 357 g/mol. The second-order valence-electron chi connectivity index (χ2n) is 6.59. The van der Waals surface area contributed by atoms with Gasteiger partial charge < -0.3 is 10.2 Å². The molecule has 1 heterocycles. The van der Waals surface area contributed by atoms with Crippen LogP contribution in [0.4, 0.5) is 0 Å². The van der Waals surface area contributed by atoms with E-state index in [4.69, 9.17) is 11.6 Å². The van der Waals surface area contributed by atoms with Crippen molar-refractivity contribution in [3.63, 3.8) is 0 Å². The molecule has 0 radical (unpaired) electrons. The second kappa shape index (κ2) is 11.5. The van der Waals surface area contributed by atoms with Gasteiger partial charge in [0.2, 0.25) is 0 Å². The van der Waals surface area contributed by atoms with Gasteiger partial charge >= 0.3 is 0 Å². The molecule has 1 N–H and O–H groups in total. The third-order valence-electron chi connectivity index (χ3n) is 4.06. The van der Waals surface area contributed by atoms with E-state index in [0.717, 1.165) is 19.6 Å². The summed E-state index contributed by atoms with van der Waals surface area (Å²) < 4.78 is 1.56. The van der Waals surface area contributed by atoms with Crippen LogP contribution in [0.5, 0.6) is 0 Å². The smallest absolute Gasteiger partial charge is 0.273 e. The maximum absolute atomic E-state index is 12.3. The molecule has 0 aromatic carbocycles. The summed E-state index contributed by atoms with van der Waals surface area (Å²) in [7, 11) is 1.76. The van der Waals surface area contributed by atoms with Crippen LogP contribution in [0.3, 0.4) is 0 Å². The van der Waals surface area contributed by atoms with Gasteiger partial charge in [-0.05, 0) is 32.9 Å². The van der Waals surface area contributed by atoms with Crippen LogP contribution in [0.15, 0.2) is 6.20 Å². The molecule has 138 valence electrons. The molecule has 6 heteroatoms. The van der Waals surface area contributed by atoms with E-state index in [1.54, 1.807) is 17.9 Å². The number of unbranched alkanes of at least 4 members (excludes halogenated alkanes) is 4. The standard InChI is InChI=1S/C18H33ClN4O/c1-5-7-9-11-23(12-10-8-6-2)13-15(3)20-18(24)17-16(19)14-22(4)21-17/h14-15H,5-13H2,1-4H3,(H,20,24). The lowest BCUT2D eigenvalue weighted by Crippen LogP contribution is -2.43. The van der Waals surface area contributed by atoms with Crippen LogP contribution in [0.25, 0.3) is 0 Å². The first kappa shape index (κ1) is 21.0. The van der Waals surface area contributed by atoms with Crippen LogP contribution in [0, 0.1) is 0 Å². The summed E-state index contributed by atoms with van der Waals surface area (Å²) in [5, 5.41) is 7.54. The Hall–Kier alpha value is -1.07. The van der Waals surface area contributed by atoms with E-state index in [0.29, 0.717) is 10.7 Å². The van der Waals surface area contributed by atoms with E-state index in [9.17, 15) is 4.79 Å². The van der Waals surface area contributed by atoms with Gasteiger partial charge in [-0.2, -0.15) is 5.10 Å². The summed E-state index contributed by atoms with van der Waals surface area (Å²) >= 11 is 6.04. The Morgan fingerprint density at radius 3 is 2.29 bits per heavy atom. The molecule has 1 rings (SSSR count). The molecule has 0 bridgehead atoms. The minimum atomic E-state index is -0.199. The number of hydrogen-bond donors (Lipinski definition) is 1. The number of amides is 1. The van der Waals surface area contributed by atoms with Crippen LogP contribution >= 0.6 is 11.6 Å². The van der Waals surface area contributed by atoms with E-state index < -0.39 is 0 Å². The van der Waals surface area contributed by atoms with E-state index in [-0.39, 0.29) is 11.9 Å². The van der Waals surface area contributed by atoms with E-state index >= 15 is 0 Å². The molecule has 0 fully saturated rings. The largest absolute Gasteiger partial charge is 0.347 e. The quantitative estimate of drug-likeness (QED) is 0.578. The van der Waals surface area contributed by atoms with Crippen molar-refractivity contribution in [1.82, 2.24) is 20.0 Å². The Labute approximate surface area is 151 Å². The highest BCUT2D eigenvalue weighted by atomic mass is 35.5. The third kappa shape index (κ3) is 7.67. The van der Waals surface area contributed by atoms with Crippen molar-refractivity contribution in [1.29, 1.82) is 0 Å². The Morgan fingerprint density at radius 2 is 1.83 bits per heavy atom. The van der Waals surface area contributed by atoms with Gasteiger partial charge in [0.1, 0.15) is 0 Å². The lowest BCUT2D eigenvalue weighted by molar-refractivity contribution is 0.0922. The summed E-state index contributed by atoms with van der Waals surface area (Å²) in [5.41, 5.74) is 0.300. The Kier molecular flexibility index (Phi) is 10.0. The minimum absolute atomic E-state index is 0.0684. The zero-order chi connectivity index (χ0) is 17.9. The molecule has 0 aliphatic heterocycles. The Balaban J connectivity index is 2.50. The van der Waals surface area contributed by atoms with Gasteiger partial charge in [0.25, 0.3) is 5.91 Å². The average Bonchev–Trinajstić information content (AvgIpc) is 2.86. The van der Waals surface area contributed by atoms with Crippen molar-refractivity contribution in [2.45, 2.75) is 65.3 Å². The summed E-state index contributed by atoms with van der Waals surface area (Å²) in [6.45, 7) is 9.55. The van der Waals surface area contributed by atoms with Gasteiger partial charge in [-0.25, -0.2) is 0 Å². The van der Waals surface area contributed by atoms with Crippen molar-refractivity contribution >= 4 is 17.5 Å².